The summed E-state index contributed by atoms with van der Waals surface area (Å²) < 4.78 is 0. The van der Waals surface area contributed by atoms with E-state index < -0.39 is 6.10 Å². The molecule has 1 unspecified atom stereocenters. The zero-order chi connectivity index (χ0) is 16.1. The van der Waals surface area contributed by atoms with Crippen molar-refractivity contribution in [2.45, 2.75) is 6.10 Å². The fraction of sp³-hybridized carbons (Fsp3) is 0.176. The molecule has 0 amide bonds. The number of pyridine rings is 1. The van der Waals surface area contributed by atoms with Crippen molar-refractivity contribution in [1.82, 2.24) is 9.97 Å². The highest BCUT2D eigenvalue weighted by Crippen LogP contribution is 2.29. The first-order valence-corrected chi connectivity index (χ1v) is 8.13. The van der Waals surface area contributed by atoms with Crippen molar-refractivity contribution < 1.29 is 10.2 Å². The van der Waals surface area contributed by atoms with Gasteiger partial charge in [-0.05, 0) is 24.3 Å². The Labute approximate surface area is 138 Å². The van der Waals surface area contributed by atoms with Crippen LogP contribution in [0.3, 0.4) is 0 Å². The van der Waals surface area contributed by atoms with Gasteiger partial charge in [0, 0.05) is 41.1 Å². The lowest BCUT2D eigenvalue weighted by molar-refractivity contribution is 0.105. The number of thiazole rings is 1. The highest BCUT2D eigenvalue weighted by atomic mass is 32.1. The van der Waals surface area contributed by atoms with Crippen LogP contribution in [0, 0.1) is 0 Å². The second-order valence-corrected chi connectivity index (χ2v) is 5.93. The lowest BCUT2D eigenvalue weighted by Gasteiger charge is -2.10. The van der Waals surface area contributed by atoms with E-state index in [0.29, 0.717) is 6.54 Å². The molecule has 0 saturated carbocycles. The van der Waals surface area contributed by atoms with Gasteiger partial charge in [-0.15, -0.1) is 11.3 Å². The molecule has 5 nitrogen and oxygen atoms in total. The number of rotatable bonds is 6. The summed E-state index contributed by atoms with van der Waals surface area (Å²) in [4.78, 5) is 8.70. The molecule has 0 spiro atoms. The average molecular weight is 327 g/mol. The van der Waals surface area contributed by atoms with Crippen molar-refractivity contribution in [3.63, 3.8) is 0 Å². The first kappa shape index (κ1) is 15.6. The van der Waals surface area contributed by atoms with Crippen LogP contribution in [0.2, 0.25) is 0 Å². The van der Waals surface area contributed by atoms with Gasteiger partial charge in [0.05, 0.1) is 18.4 Å². The highest BCUT2D eigenvalue weighted by molar-refractivity contribution is 7.13. The van der Waals surface area contributed by atoms with Crippen LogP contribution in [0.1, 0.15) is 0 Å². The lowest BCUT2D eigenvalue weighted by Crippen LogP contribution is -2.22. The van der Waals surface area contributed by atoms with E-state index in [0.717, 1.165) is 27.5 Å². The zero-order valence-electron chi connectivity index (χ0n) is 12.4. The number of aromatic nitrogens is 2. The van der Waals surface area contributed by atoms with Crippen molar-refractivity contribution in [3.8, 4) is 21.8 Å². The van der Waals surface area contributed by atoms with Gasteiger partial charge in [0.2, 0.25) is 0 Å². The number of hydrogen-bond donors (Lipinski definition) is 3. The minimum absolute atomic E-state index is 0.255. The van der Waals surface area contributed by atoms with E-state index in [1.807, 2.05) is 41.8 Å². The maximum absolute atomic E-state index is 9.41. The predicted molar refractivity (Wildman–Crippen MR) is 92.4 cm³/mol. The van der Waals surface area contributed by atoms with Gasteiger partial charge in [-0.3, -0.25) is 4.98 Å². The maximum atomic E-state index is 9.41. The molecule has 0 aliphatic rings. The van der Waals surface area contributed by atoms with Crippen molar-refractivity contribution in [2.24, 2.45) is 0 Å². The number of benzene rings is 1. The van der Waals surface area contributed by atoms with Gasteiger partial charge in [-0.25, -0.2) is 4.98 Å². The van der Waals surface area contributed by atoms with Crippen molar-refractivity contribution in [1.29, 1.82) is 0 Å². The summed E-state index contributed by atoms with van der Waals surface area (Å²) in [5, 5.41) is 24.3. The topological polar surface area (TPSA) is 78.3 Å². The molecule has 2 aromatic heterocycles. The van der Waals surface area contributed by atoms with Gasteiger partial charge >= 0.3 is 0 Å². The van der Waals surface area contributed by atoms with Gasteiger partial charge in [-0.2, -0.15) is 0 Å². The Morgan fingerprint density at radius 3 is 2.74 bits per heavy atom. The summed E-state index contributed by atoms with van der Waals surface area (Å²) in [5.74, 6) is 0. The fourth-order valence-corrected chi connectivity index (χ4v) is 2.95. The number of hydrogen-bond acceptors (Lipinski definition) is 6. The number of anilines is 1. The molecule has 0 radical (unpaired) electrons. The summed E-state index contributed by atoms with van der Waals surface area (Å²) >= 11 is 1.59. The van der Waals surface area contributed by atoms with Gasteiger partial charge < -0.3 is 15.5 Å². The molecule has 1 aromatic carbocycles. The molecule has 0 bridgehead atoms. The SMILES string of the molecule is OCC(O)CNc1cccc(-c2nc(-c3ccncc3)cs2)c1. The Bertz CT molecular complexity index is 761. The fourth-order valence-electron chi connectivity index (χ4n) is 2.12. The smallest absolute Gasteiger partial charge is 0.124 e. The number of nitrogens with zero attached hydrogens (tertiary/aromatic N) is 2. The second-order valence-electron chi connectivity index (χ2n) is 5.07. The summed E-state index contributed by atoms with van der Waals surface area (Å²) in [6.45, 7) is 0.0502. The molecular formula is C17H17N3O2S. The number of nitrogens with one attached hydrogen (secondary N) is 1. The van der Waals surface area contributed by atoms with E-state index in [4.69, 9.17) is 5.11 Å². The second kappa shape index (κ2) is 7.32. The van der Waals surface area contributed by atoms with Gasteiger partial charge in [-0.1, -0.05) is 12.1 Å². The minimum Gasteiger partial charge on any atom is -0.394 e. The summed E-state index contributed by atoms with van der Waals surface area (Å²) in [6, 6.07) is 11.7. The first-order valence-electron chi connectivity index (χ1n) is 7.25. The third-order valence-electron chi connectivity index (χ3n) is 3.34. The molecular weight excluding hydrogens is 310 g/mol. The van der Waals surface area contributed by atoms with Crippen LogP contribution in [-0.4, -0.2) is 39.4 Å². The van der Waals surface area contributed by atoms with Crippen molar-refractivity contribution in [2.75, 3.05) is 18.5 Å². The molecule has 0 fully saturated rings. The summed E-state index contributed by atoms with van der Waals surface area (Å²) in [6.07, 6.45) is 2.74. The predicted octanol–water partition coefficient (Wildman–Crippen LogP) is 2.64. The third kappa shape index (κ3) is 3.92. The Balaban J connectivity index is 1.78. The molecule has 0 aliphatic heterocycles. The van der Waals surface area contributed by atoms with E-state index in [-0.39, 0.29) is 6.61 Å². The molecule has 3 N–H and O–H groups in total. The van der Waals surface area contributed by atoms with Crippen molar-refractivity contribution in [3.05, 3.63) is 54.2 Å². The lowest BCUT2D eigenvalue weighted by atomic mass is 10.2. The van der Waals surface area contributed by atoms with E-state index in [9.17, 15) is 5.11 Å². The normalized spacial score (nSPS) is 12.1. The van der Waals surface area contributed by atoms with Crippen LogP contribution >= 0.6 is 11.3 Å². The highest BCUT2D eigenvalue weighted by Gasteiger charge is 2.08. The van der Waals surface area contributed by atoms with E-state index in [1.54, 1.807) is 23.7 Å². The largest absolute Gasteiger partial charge is 0.394 e. The van der Waals surface area contributed by atoms with Crippen LogP contribution in [0.5, 0.6) is 0 Å². The van der Waals surface area contributed by atoms with Crippen LogP contribution in [0.4, 0.5) is 5.69 Å². The average Bonchev–Trinajstić information content (AvgIpc) is 3.11. The Morgan fingerprint density at radius 2 is 1.96 bits per heavy atom. The van der Waals surface area contributed by atoms with Crippen LogP contribution < -0.4 is 5.32 Å². The molecule has 3 rings (SSSR count). The minimum atomic E-state index is -0.767. The third-order valence-corrected chi connectivity index (χ3v) is 4.23. The van der Waals surface area contributed by atoms with Crippen LogP contribution in [0.25, 0.3) is 21.8 Å². The molecule has 0 aliphatic carbocycles. The zero-order valence-corrected chi connectivity index (χ0v) is 13.2. The molecule has 0 saturated heterocycles. The Hall–Kier alpha value is -2.28. The number of aliphatic hydroxyl groups excluding tert-OH is 2. The molecule has 3 aromatic rings. The van der Waals surface area contributed by atoms with E-state index >= 15 is 0 Å². The van der Waals surface area contributed by atoms with Crippen molar-refractivity contribution >= 4 is 17.0 Å². The standard InChI is InChI=1S/C17H17N3O2S/c21-10-15(22)9-19-14-3-1-2-13(8-14)17-20-16(11-23-17)12-4-6-18-7-5-12/h1-8,11,15,19,21-22H,9-10H2. The molecule has 6 heteroatoms. The van der Waals surface area contributed by atoms with Gasteiger partial charge in [0.1, 0.15) is 5.01 Å². The van der Waals surface area contributed by atoms with Gasteiger partial charge in [0.25, 0.3) is 0 Å². The summed E-state index contributed by atoms with van der Waals surface area (Å²) in [5.41, 5.74) is 3.87. The Morgan fingerprint density at radius 1 is 1.13 bits per heavy atom. The first-order chi connectivity index (χ1) is 11.3. The molecule has 2 heterocycles. The Kier molecular flexibility index (Phi) is 4.97. The monoisotopic (exact) mass is 327 g/mol. The van der Waals surface area contributed by atoms with Crippen LogP contribution in [-0.2, 0) is 0 Å². The molecule has 1 atom stereocenters. The molecule has 118 valence electrons. The number of aliphatic hydroxyl groups is 2. The van der Waals surface area contributed by atoms with E-state index in [2.05, 4.69) is 15.3 Å². The van der Waals surface area contributed by atoms with Gasteiger partial charge in [0.15, 0.2) is 0 Å². The quantitative estimate of drug-likeness (QED) is 0.649. The van der Waals surface area contributed by atoms with E-state index in [1.165, 1.54) is 0 Å². The van der Waals surface area contributed by atoms with Crippen LogP contribution in [0.15, 0.2) is 54.2 Å². The summed E-state index contributed by atoms with van der Waals surface area (Å²) in [7, 11) is 0. The maximum Gasteiger partial charge on any atom is 0.124 e. The molecule has 23 heavy (non-hydrogen) atoms.